The Morgan fingerprint density at radius 3 is 1.87 bits per heavy atom. The Kier molecular flexibility index (Phi) is 8.35. The van der Waals surface area contributed by atoms with E-state index in [0.717, 1.165) is 102 Å². The first-order valence-electron chi connectivity index (χ1n) is 17.3. The number of aliphatic imine (C=N–C) groups is 2. The maximum absolute atomic E-state index is 10.5. The molecule has 53 heavy (non-hydrogen) atoms. The Morgan fingerprint density at radius 2 is 1.26 bits per heavy atom. The maximum Gasteiger partial charge on any atom is 0.283 e. The zero-order chi connectivity index (χ0) is 36.4. The fraction of sp³-hybridized carbons (Fsp3) is 0.250. The van der Waals surface area contributed by atoms with Crippen LogP contribution >= 0.6 is 38.5 Å². The van der Waals surface area contributed by atoms with Crippen molar-refractivity contribution in [2.24, 2.45) is 21.5 Å². The second-order valence-electron chi connectivity index (χ2n) is 13.9. The summed E-state index contributed by atoms with van der Waals surface area (Å²) in [5.41, 5.74) is 16.7. The van der Waals surface area contributed by atoms with Crippen LogP contribution in [-0.4, -0.2) is 45.9 Å². The molecule has 5 N–H and O–H groups in total. The number of aryl methyl sites for hydroxylation is 1. The van der Waals surface area contributed by atoms with Gasteiger partial charge in [-0.1, -0.05) is 28.1 Å². The number of nitrogens with two attached hydrogens (primary N) is 2. The van der Waals surface area contributed by atoms with E-state index in [0.29, 0.717) is 13.2 Å². The Morgan fingerprint density at radius 1 is 0.698 bits per heavy atom. The van der Waals surface area contributed by atoms with Crippen molar-refractivity contribution in [2.45, 2.75) is 48.8 Å². The summed E-state index contributed by atoms with van der Waals surface area (Å²) in [6.45, 7) is 0.697. The molecular formula is C40H34BrIN6O5. The highest BCUT2D eigenvalue weighted by molar-refractivity contribution is 14.1. The molecule has 1 aromatic heterocycles. The number of benzene rings is 4. The highest BCUT2D eigenvalue weighted by atomic mass is 127. The molecule has 2 atom stereocenters. The molecule has 0 radical (unpaired) electrons. The van der Waals surface area contributed by atoms with Crippen molar-refractivity contribution in [1.82, 2.24) is 9.97 Å². The Hall–Kier alpha value is -4.73. The van der Waals surface area contributed by atoms with E-state index >= 15 is 0 Å². The maximum atomic E-state index is 10.5. The smallest absolute Gasteiger partial charge is 0.283 e. The van der Waals surface area contributed by atoms with Crippen molar-refractivity contribution >= 4 is 50.6 Å². The summed E-state index contributed by atoms with van der Waals surface area (Å²) in [5, 5.41) is 10.5. The molecule has 4 aliphatic heterocycles. The molecule has 0 bridgehead atoms. The number of aliphatic hydroxyl groups is 1. The van der Waals surface area contributed by atoms with Gasteiger partial charge in [0.15, 0.2) is 11.1 Å². The SMILES string of the molecule is NC1=N[C@@]2(CO1)c1cc(Br)ccc1Oc1ccc(I)cc12.NC1=N[C@]2(CO1)c1cc(CCC3(O)CCC3)ccc1Oc1ccc(-c3cncnc3)cc12. The molecule has 0 unspecified atom stereocenters. The van der Waals surface area contributed by atoms with Crippen LogP contribution in [0.5, 0.6) is 23.0 Å². The molecule has 11 nitrogen and oxygen atoms in total. The van der Waals surface area contributed by atoms with Crippen LogP contribution in [0.25, 0.3) is 11.1 Å². The van der Waals surface area contributed by atoms with Crippen LogP contribution in [-0.2, 0) is 27.0 Å². The van der Waals surface area contributed by atoms with Crippen LogP contribution in [0.4, 0.5) is 0 Å². The second kappa shape index (κ2) is 13.0. The van der Waals surface area contributed by atoms with Gasteiger partial charge in [-0.25, -0.2) is 20.0 Å². The lowest BCUT2D eigenvalue weighted by molar-refractivity contribution is -0.0397. The first kappa shape index (κ1) is 34.1. The Labute approximate surface area is 327 Å². The van der Waals surface area contributed by atoms with Crippen LogP contribution in [0.15, 0.2) is 106 Å². The third kappa shape index (κ3) is 5.98. The minimum absolute atomic E-state index is 0.173. The summed E-state index contributed by atoms with van der Waals surface area (Å²) >= 11 is 5.79. The van der Waals surface area contributed by atoms with Crippen molar-refractivity contribution in [2.75, 3.05) is 13.2 Å². The van der Waals surface area contributed by atoms with E-state index in [1.807, 2.05) is 48.5 Å². The summed E-state index contributed by atoms with van der Waals surface area (Å²) in [5.74, 6) is 3.07. The fourth-order valence-corrected chi connectivity index (χ4v) is 8.55. The van der Waals surface area contributed by atoms with Gasteiger partial charge in [-0.2, -0.15) is 0 Å². The number of ether oxygens (including phenoxy) is 4. The molecule has 5 aromatic rings. The van der Waals surface area contributed by atoms with Gasteiger partial charge < -0.3 is 35.5 Å². The number of amidine groups is 2. The first-order valence-corrected chi connectivity index (χ1v) is 19.2. The average Bonchev–Trinajstić information content (AvgIpc) is 3.75. The summed E-state index contributed by atoms with van der Waals surface area (Å²) < 4.78 is 25.6. The fourth-order valence-electron chi connectivity index (χ4n) is 7.70. The van der Waals surface area contributed by atoms with Crippen LogP contribution in [0.3, 0.4) is 0 Å². The highest BCUT2D eigenvalue weighted by Crippen LogP contribution is 2.53. The van der Waals surface area contributed by atoms with Gasteiger partial charge in [-0.05, 0) is 126 Å². The van der Waals surface area contributed by atoms with E-state index in [1.54, 1.807) is 12.4 Å². The van der Waals surface area contributed by atoms with Crippen molar-refractivity contribution < 1.29 is 24.1 Å². The summed E-state index contributed by atoms with van der Waals surface area (Å²) in [7, 11) is 0. The molecule has 1 saturated carbocycles. The van der Waals surface area contributed by atoms with E-state index in [9.17, 15) is 5.11 Å². The van der Waals surface area contributed by atoms with E-state index in [2.05, 4.69) is 77.7 Å². The standard InChI is InChI=1S/C25H24N4O3.C15H10BrIN2O2/c26-23-29-25(14-31-23)19-10-16(6-9-24(30)7-1-8-24)2-4-21(19)32-22-5-3-17(11-20(22)25)18-12-27-15-28-13-18;16-8-1-3-12-10(5-8)15(7-20-14(18)19-15)11-6-9(17)2-4-13(11)21-12/h2-5,10-13,15,30H,1,6-9,14H2,(H2,26,29);1-6H,7H2,(H2,18,19)/t25-;15-/m10/s1. The summed E-state index contributed by atoms with van der Waals surface area (Å²) in [6, 6.07) is 24.5. The molecule has 2 spiro atoms. The van der Waals surface area contributed by atoms with Gasteiger partial charge >= 0.3 is 0 Å². The largest absolute Gasteiger partial charge is 0.462 e. The molecule has 10 rings (SSSR count). The van der Waals surface area contributed by atoms with Crippen molar-refractivity contribution in [3.05, 3.63) is 127 Å². The number of aromatic nitrogens is 2. The molecule has 1 fully saturated rings. The molecular weight excluding hydrogens is 851 g/mol. The van der Waals surface area contributed by atoms with Gasteiger partial charge in [-0.15, -0.1) is 0 Å². The minimum Gasteiger partial charge on any atom is -0.462 e. The van der Waals surface area contributed by atoms with Crippen LogP contribution < -0.4 is 20.9 Å². The van der Waals surface area contributed by atoms with E-state index < -0.39 is 16.7 Å². The van der Waals surface area contributed by atoms with Gasteiger partial charge in [0.05, 0.1) is 5.60 Å². The van der Waals surface area contributed by atoms with Crippen molar-refractivity contribution in [1.29, 1.82) is 0 Å². The van der Waals surface area contributed by atoms with Gasteiger partial charge in [0.1, 0.15) is 42.5 Å². The predicted octanol–water partition coefficient (Wildman–Crippen LogP) is 7.43. The molecule has 0 saturated heterocycles. The number of rotatable bonds is 4. The molecule has 5 aliphatic rings. The second-order valence-corrected chi connectivity index (χ2v) is 16.1. The molecule has 13 heteroatoms. The third-order valence-electron chi connectivity index (χ3n) is 10.6. The average molecular weight is 886 g/mol. The van der Waals surface area contributed by atoms with Crippen molar-refractivity contribution in [3.8, 4) is 34.1 Å². The van der Waals surface area contributed by atoms with Crippen LogP contribution in [0.1, 0.15) is 53.5 Å². The predicted molar refractivity (Wildman–Crippen MR) is 211 cm³/mol. The number of fused-ring (bicyclic) bond motifs is 8. The monoisotopic (exact) mass is 884 g/mol. The Bertz CT molecular complexity index is 2280. The van der Waals surface area contributed by atoms with Gasteiger partial charge in [0.25, 0.3) is 12.0 Å². The number of hydrogen-bond donors (Lipinski definition) is 3. The van der Waals surface area contributed by atoms with Crippen LogP contribution in [0.2, 0.25) is 0 Å². The molecule has 5 heterocycles. The lowest BCUT2D eigenvalue weighted by atomic mass is 9.76. The quantitative estimate of drug-likeness (QED) is 0.156. The van der Waals surface area contributed by atoms with Crippen molar-refractivity contribution in [3.63, 3.8) is 0 Å². The van der Waals surface area contributed by atoms with Crippen LogP contribution in [0, 0.1) is 3.57 Å². The summed E-state index contributed by atoms with van der Waals surface area (Å²) in [4.78, 5) is 17.7. The zero-order valence-corrected chi connectivity index (χ0v) is 32.1. The Balaban J connectivity index is 0.000000153. The van der Waals surface area contributed by atoms with Gasteiger partial charge in [0, 0.05) is 48.3 Å². The topological polar surface area (TPSA) is 160 Å². The van der Waals surface area contributed by atoms with Gasteiger partial charge in [-0.3, -0.25) is 0 Å². The first-order chi connectivity index (χ1) is 25.6. The third-order valence-corrected chi connectivity index (χ3v) is 11.8. The number of halogens is 2. The van der Waals surface area contributed by atoms with Gasteiger partial charge in [0.2, 0.25) is 0 Å². The molecule has 4 aromatic carbocycles. The number of hydrogen-bond acceptors (Lipinski definition) is 11. The zero-order valence-electron chi connectivity index (χ0n) is 28.4. The minimum atomic E-state index is -0.776. The summed E-state index contributed by atoms with van der Waals surface area (Å²) in [6.07, 6.45) is 9.52. The van der Waals surface area contributed by atoms with E-state index in [1.165, 1.54) is 6.33 Å². The molecule has 268 valence electrons. The molecule has 0 amide bonds. The lowest BCUT2D eigenvalue weighted by Crippen LogP contribution is -2.37. The highest BCUT2D eigenvalue weighted by Gasteiger charge is 2.48. The lowest BCUT2D eigenvalue weighted by Gasteiger charge is -2.37. The normalized spacial score (nSPS) is 22.2. The number of nitrogens with zero attached hydrogens (tertiary/aromatic N) is 4. The molecule has 1 aliphatic carbocycles. The van der Waals surface area contributed by atoms with E-state index in [-0.39, 0.29) is 12.0 Å². The van der Waals surface area contributed by atoms with E-state index in [4.69, 9.17) is 35.4 Å².